The Kier molecular flexibility index (Phi) is 4.07. The fourth-order valence-electron chi connectivity index (χ4n) is 3.97. The van der Waals surface area contributed by atoms with E-state index in [0.717, 1.165) is 26.3 Å². The molecule has 1 saturated carbocycles. The van der Waals surface area contributed by atoms with Crippen molar-refractivity contribution >= 4 is 0 Å². The quantitative estimate of drug-likeness (QED) is 0.623. The molecule has 20 heavy (non-hydrogen) atoms. The Hall–Kier alpha value is -0.950. The Labute approximate surface area is 120 Å². The lowest BCUT2D eigenvalue weighted by atomic mass is 9.84. The summed E-state index contributed by atoms with van der Waals surface area (Å²) in [6, 6.07) is 2.20. The monoisotopic (exact) mass is 279 g/mol. The third-order valence-corrected chi connectivity index (χ3v) is 4.97. The van der Waals surface area contributed by atoms with Crippen molar-refractivity contribution in [3.8, 4) is 0 Å². The Morgan fingerprint density at radius 1 is 1.35 bits per heavy atom. The molecule has 1 aliphatic heterocycles. The van der Waals surface area contributed by atoms with Crippen molar-refractivity contribution < 1.29 is 4.74 Å². The number of aromatic nitrogens is 2. The molecule has 1 aromatic heterocycles. The summed E-state index contributed by atoms with van der Waals surface area (Å²) in [4.78, 5) is 2.58. The van der Waals surface area contributed by atoms with Gasteiger partial charge in [0.25, 0.3) is 0 Å². The lowest BCUT2D eigenvalue weighted by Gasteiger charge is -2.48. The van der Waals surface area contributed by atoms with E-state index in [1.165, 1.54) is 31.4 Å². The van der Waals surface area contributed by atoms with Crippen LogP contribution in [0.1, 0.15) is 37.4 Å². The molecule has 0 radical (unpaired) electrons. The summed E-state index contributed by atoms with van der Waals surface area (Å²) in [5, 5.41) is 4.31. The maximum absolute atomic E-state index is 5.96. The van der Waals surface area contributed by atoms with Gasteiger partial charge in [0.15, 0.2) is 0 Å². The molecule has 1 aromatic rings. The van der Waals surface area contributed by atoms with E-state index in [0.29, 0.717) is 0 Å². The second-order valence-corrected chi connectivity index (χ2v) is 5.89. The van der Waals surface area contributed by atoms with E-state index in [9.17, 15) is 0 Å². The number of ether oxygens (including phenoxy) is 1. The van der Waals surface area contributed by atoms with E-state index in [2.05, 4.69) is 21.5 Å². The summed E-state index contributed by atoms with van der Waals surface area (Å²) >= 11 is 0. The van der Waals surface area contributed by atoms with Crippen molar-refractivity contribution in [2.24, 2.45) is 12.9 Å². The lowest BCUT2D eigenvalue weighted by Crippen LogP contribution is -2.59. The lowest BCUT2D eigenvalue weighted by molar-refractivity contribution is -0.0374. The Morgan fingerprint density at radius 2 is 2.05 bits per heavy atom. The van der Waals surface area contributed by atoms with Crippen LogP contribution in [0.4, 0.5) is 0 Å². The molecule has 1 aliphatic carbocycles. The fourth-order valence-corrected chi connectivity index (χ4v) is 3.97. The Bertz CT molecular complexity index is 435. The minimum atomic E-state index is 0.103. The first kappa shape index (κ1) is 14.0. The van der Waals surface area contributed by atoms with Gasteiger partial charge in [-0.2, -0.15) is 5.10 Å². The zero-order valence-electron chi connectivity index (χ0n) is 12.2. The van der Waals surface area contributed by atoms with Gasteiger partial charge in [-0.25, -0.2) is 5.43 Å². The molecule has 3 rings (SSSR count). The third kappa shape index (κ3) is 2.26. The summed E-state index contributed by atoms with van der Waals surface area (Å²) in [6.07, 6.45) is 6.77. The van der Waals surface area contributed by atoms with Crippen LogP contribution in [-0.2, 0) is 11.8 Å². The number of hydrazine groups is 1. The van der Waals surface area contributed by atoms with Crippen LogP contribution in [0.5, 0.6) is 0 Å². The van der Waals surface area contributed by atoms with Gasteiger partial charge in [-0.1, -0.05) is 12.8 Å². The van der Waals surface area contributed by atoms with Gasteiger partial charge in [-0.05, 0) is 18.9 Å². The zero-order chi connectivity index (χ0) is 14.0. The predicted molar refractivity (Wildman–Crippen MR) is 76.9 cm³/mol. The van der Waals surface area contributed by atoms with Crippen molar-refractivity contribution in [2.45, 2.75) is 37.3 Å². The highest BCUT2D eigenvalue weighted by atomic mass is 16.5. The molecule has 1 atom stereocenters. The van der Waals surface area contributed by atoms with Crippen LogP contribution < -0.4 is 11.3 Å². The van der Waals surface area contributed by atoms with Gasteiger partial charge in [0.1, 0.15) is 0 Å². The van der Waals surface area contributed by atoms with Gasteiger partial charge in [-0.3, -0.25) is 15.4 Å². The minimum absolute atomic E-state index is 0.103. The van der Waals surface area contributed by atoms with Gasteiger partial charge in [0, 0.05) is 31.9 Å². The third-order valence-electron chi connectivity index (χ3n) is 4.97. The van der Waals surface area contributed by atoms with E-state index in [1.807, 2.05) is 17.9 Å². The highest BCUT2D eigenvalue weighted by Crippen LogP contribution is 2.44. The van der Waals surface area contributed by atoms with Crippen LogP contribution in [0.15, 0.2) is 12.3 Å². The standard InChI is InChI=1S/C14H25N5O/c1-18-12(4-7-16-18)13(17-15)14(5-2-3-6-14)19-8-10-20-11-9-19/h4,7,13,17H,2-3,5-6,8-11,15H2,1H3. The molecule has 112 valence electrons. The van der Waals surface area contributed by atoms with Gasteiger partial charge >= 0.3 is 0 Å². The summed E-state index contributed by atoms with van der Waals surface area (Å²) in [5.41, 5.74) is 4.35. The van der Waals surface area contributed by atoms with Crippen LogP contribution in [-0.4, -0.2) is 46.5 Å². The fraction of sp³-hybridized carbons (Fsp3) is 0.786. The summed E-state index contributed by atoms with van der Waals surface area (Å²) in [6.45, 7) is 3.64. The van der Waals surface area contributed by atoms with Crippen molar-refractivity contribution in [2.75, 3.05) is 26.3 Å². The first-order valence-electron chi connectivity index (χ1n) is 7.55. The average Bonchev–Trinajstić information content (AvgIpc) is 3.12. The molecular weight excluding hydrogens is 254 g/mol. The van der Waals surface area contributed by atoms with Crippen molar-refractivity contribution in [3.05, 3.63) is 18.0 Å². The molecule has 2 aliphatic rings. The second-order valence-electron chi connectivity index (χ2n) is 5.89. The van der Waals surface area contributed by atoms with E-state index in [1.54, 1.807) is 0 Å². The molecule has 3 N–H and O–H groups in total. The average molecular weight is 279 g/mol. The largest absolute Gasteiger partial charge is 0.379 e. The van der Waals surface area contributed by atoms with Gasteiger partial charge in [0.2, 0.25) is 0 Å². The summed E-state index contributed by atoms with van der Waals surface area (Å²) < 4.78 is 7.46. The zero-order valence-corrected chi connectivity index (χ0v) is 12.2. The number of nitrogens with two attached hydrogens (primary N) is 1. The molecule has 0 bridgehead atoms. The molecule has 0 aromatic carbocycles. The second kappa shape index (κ2) is 5.81. The van der Waals surface area contributed by atoms with Gasteiger partial charge in [-0.15, -0.1) is 0 Å². The SMILES string of the molecule is Cn1nccc1C(NN)C1(N2CCOCC2)CCCC1. The Morgan fingerprint density at radius 3 is 2.60 bits per heavy atom. The minimum Gasteiger partial charge on any atom is -0.379 e. The van der Waals surface area contributed by atoms with Crippen LogP contribution in [0, 0.1) is 0 Å². The number of morpholine rings is 1. The first-order valence-corrected chi connectivity index (χ1v) is 7.55. The number of aryl methyl sites for hydroxylation is 1. The summed E-state index contributed by atoms with van der Waals surface area (Å²) in [5.74, 6) is 5.96. The number of hydrogen-bond acceptors (Lipinski definition) is 5. The molecule has 0 spiro atoms. The normalized spacial score (nSPS) is 24.9. The highest BCUT2D eigenvalue weighted by Gasteiger charge is 2.47. The van der Waals surface area contributed by atoms with Crippen LogP contribution >= 0.6 is 0 Å². The van der Waals surface area contributed by atoms with Crippen LogP contribution in [0.2, 0.25) is 0 Å². The van der Waals surface area contributed by atoms with Crippen molar-refractivity contribution in [1.29, 1.82) is 0 Å². The molecule has 1 saturated heterocycles. The molecule has 0 amide bonds. The van der Waals surface area contributed by atoms with Gasteiger partial charge < -0.3 is 4.74 Å². The number of rotatable bonds is 4. The van der Waals surface area contributed by atoms with E-state index in [4.69, 9.17) is 10.6 Å². The van der Waals surface area contributed by atoms with E-state index < -0.39 is 0 Å². The molecule has 1 unspecified atom stereocenters. The highest BCUT2D eigenvalue weighted by molar-refractivity contribution is 5.17. The molecule has 2 fully saturated rings. The first-order chi connectivity index (χ1) is 9.78. The van der Waals surface area contributed by atoms with Crippen LogP contribution in [0.3, 0.4) is 0 Å². The molecule has 2 heterocycles. The van der Waals surface area contributed by atoms with E-state index in [-0.39, 0.29) is 11.6 Å². The number of hydrogen-bond donors (Lipinski definition) is 2. The molecule has 6 heteroatoms. The topological polar surface area (TPSA) is 68.3 Å². The van der Waals surface area contributed by atoms with E-state index >= 15 is 0 Å². The number of nitrogens with one attached hydrogen (secondary N) is 1. The predicted octanol–water partition coefficient (Wildman–Crippen LogP) is 0.570. The maximum atomic E-state index is 5.96. The molecular formula is C14H25N5O. The van der Waals surface area contributed by atoms with Crippen LogP contribution in [0.25, 0.3) is 0 Å². The summed E-state index contributed by atoms with van der Waals surface area (Å²) in [7, 11) is 1.99. The molecule has 6 nitrogen and oxygen atoms in total. The van der Waals surface area contributed by atoms with Crippen molar-refractivity contribution in [3.63, 3.8) is 0 Å². The van der Waals surface area contributed by atoms with Crippen molar-refractivity contribution in [1.82, 2.24) is 20.1 Å². The maximum Gasteiger partial charge on any atom is 0.0812 e. The Balaban J connectivity index is 1.93. The smallest absolute Gasteiger partial charge is 0.0812 e. The number of nitrogens with zero attached hydrogens (tertiary/aromatic N) is 3. The van der Waals surface area contributed by atoms with Gasteiger partial charge in [0.05, 0.1) is 24.9 Å².